The fourth-order valence-electron chi connectivity index (χ4n) is 1.38. The van der Waals surface area contributed by atoms with Gasteiger partial charge in [-0.05, 0) is 6.42 Å². The molecule has 0 aliphatic heterocycles. The van der Waals surface area contributed by atoms with Gasteiger partial charge in [-0.25, -0.2) is 13.4 Å². The van der Waals surface area contributed by atoms with Crippen LogP contribution in [0.2, 0.25) is 5.15 Å². The Labute approximate surface area is 96.4 Å². The van der Waals surface area contributed by atoms with Crippen LogP contribution >= 0.6 is 22.9 Å². The van der Waals surface area contributed by atoms with Gasteiger partial charge in [0, 0.05) is 11.6 Å². The third kappa shape index (κ3) is 1.77. The SMILES string of the molecule is CCCS(=O)(=O)c1c(Cl)nc2sccn12. The van der Waals surface area contributed by atoms with Crippen LogP contribution in [0, 0.1) is 0 Å². The van der Waals surface area contributed by atoms with Crippen LogP contribution in [0.1, 0.15) is 13.3 Å². The molecule has 0 radical (unpaired) electrons. The van der Waals surface area contributed by atoms with Crippen molar-refractivity contribution in [3.8, 4) is 0 Å². The van der Waals surface area contributed by atoms with E-state index in [0.717, 1.165) is 0 Å². The molecule has 82 valence electrons. The van der Waals surface area contributed by atoms with Crippen molar-refractivity contribution in [3.05, 3.63) is 16.7 Å². The summed E-state index contributed by atoms with van der Waals surface area (Å²) in [6, 6.07) is 0. The molecule has 2 rings (SSSR count). The summed E-state index contributed by atoms with van der Waals surface area (Å²) in [5.74, 6) is 0.0936. The Hall–Kier alpha value is -0.590. The monoisotopic (exact) mass is 264 g/mol. The molecule has 7 heteroatoms. The van der Waals surface area contributed by atoms with Crippen LogP contribution in [0.5, 0.6) is 0 Å². The first-order valence-corrected chi connectivity index (χ1v) is 7.31. The Morgan fingerprint density at radius 2 is 2.33 bits per heavy atom. The number of sulfone groups is 1. The summed E-state index contributed by atoms with van der Waals surface area (Å²) in [5, 5.41) is 1.96. The summed E-state index contributed by atoms with van der Waals surface area (Å²) >= 11 is 7.18. The van der Waals surface area contributed by atoms with Crippen molar-refractivity contribution < 1.29 is 8.42 Å². The first-order valence-electron chi connectivity index (χ1n) is 4.40. The summed E-state index contributed by atoms with van der Waals surface area (Å²) in [7, 11) is -3.32. The molecule has 0 N–H and O–H groups in total. The minimum absolute atomic E-state index is 0.0651. The van der Waals surface area contributed by atoms with Gasteiger partial charge in [0.2, 0.25) is 0 Å². The molecule has 2 aromatic heterocycles. The topological polar surface area (TPSA) is 51.4 Å². The highest BCUT2D eigenvalue weighted by molar-refractivity contribution is 7.91. The summed E-state index contributed by atoms with van der Waals surface area (Å²) in [5.41, 5.74) is 0. The predicted molar refractivity (Wildman–Crippen MR) is 60.4 cm³/mol. The smallest absolute Gasteiger partial charge is 0.197 e. The van der Waals surface area contributed by atoms with Crippen LogP contribution in [-0.4, -0.2) is 23.6 Å². The molecule has 2 heterocycles. The number of imidazole rings is 1. The maximum atomic E-state index is 11.9. The van der Waals surface area contributed by atoms with Crippen LogP contribution in [0.15, 0.2) is 16.6 Å². The number of rotatable bonds is 3. The highest BCUT2D eigenvalue weighted by atomic mass is 35.5. The highest BCUT2D eigenvalue weighted by Crippen LogP contribution is 2.26. The molecule has 0 atom stereocenters. The second-order valence-corrected chi connectivity index (χ2v) is 6.34. The van der Waals surface area contributed by atoms with Gasteiger partial charge >= 0.3 is 0 Å². The molecule has 0 aliphatic carbocycles. The van der Waals surface area contributed by atoms with Crippen molar-refractivity contribution >= 4 is 37.7 Å². The number of fused-ring (bicyclic) bond motifs is 1. The van der Waals surface area contributed by atoms with E-state index in [1.165, 1.54) is 15.7 Å². The van der Waals surface area contributed by atoms with Crippen LogP contribution in [0.25, 0.3) is 4.96 Å². The fraction of sp³-hybridized carbons (Fsp3) is 0.375. The zero-order valence-electron chi connectivity index (χ0n) is 7.97. The summed E-state index contributed by atoms with van der Waals surface area (Å²) in [6.07, 6.45) is 2.23. The maximum Gasteiger partial charge on any atom is 0.197 e. The van der Waals surface area contributed by atoms with Gasteiger partial charge in [0.15, 0.2) is 25.0 Å². The third-order valence-electron chi connectivity index (χ3n) is 1.95. The molecule has 0 aliphatic rings. The molecule has 0 amide bonds. The van der Waals surface area contributed by atoms with Gasteiger partial charge in [-0.15, -0.1) is 11.3 Å². The zero-order chi connectivity index (χ0) is 11.1. The Morgan fingerprint density at radius 1 is 1.60 bits per heavy atom. The van der Waals surface area contributed by atoms with Crippen LogP contribution < -0.4 is 0 Å². The van der Waals surface area contributed by atoms with Crippen molar-refractivity contribution in [3.63, 3.8) is 0 Å². The fourth-order valence-corrected chi connectivity index (χ4v) is 4.21. The van der Waals surface area contributed by atoms with E-state index in [1.54, 1.807) is 11.6 Å². The van der Waals surface area contributed by atoms with Crippen molar-refractivity contribution in [2.75, 3.05) is 5.75 Å². The third-order valence-corrected chi connectivity index (χ3v) is 5.00. The molecule has 0 bridgehead atoms. The maximum absolute atomic E-state index is 11.9. The van der Waals surface area contributed by atoms with Crippen molar-refractivity contribution in [1.29, 1.82) is 0 Å². The Kier molecular flexibility index (Phi) is 2.74. The second-order valence-electron chi connectivity index (χ2n) is 3.08. The van der Waals surface area contributed by atoms with E-state index in [2.05, 4.69) is 4.98 Å². The zero-order valence-corrected chi connectivity index (χ0v) is 10.4. The second kappa shape index (κ2) is 3.77. The van der Waals surface area contributed by atoms with Gasteiger partial charge in [-0.1, -0.05) is 18.5 Å². The molecule has 4 nitrogen and oxygen atoms in total. The molecular formula is C8H9ClN2O2S2. The molecule has 0 saturated carbocycles. The van der Waals surface area contributed by atoms with Crippen LogP contribution in [-0.2, 0) is 9.84 Å². The van der Waals surface area contributed by atoms with Crippen molar-refractivity contribution in [2.45, 2.75) is 18.4 Å². The largest absolute Gasteiger partial charge is 0.280 e. The predicted octanol–water partition coefficient (Wildman–Crippen LogP) is 2.23. The lowest BCUT2D eigenvalue weighted by Gasteiger charge is -2.00. The Morgan fingerprint density at radius 3 is 3.00 bits per heavy atom. The minimum atomic E-state index is -3.32. The molecule has 0 saturated heterocycles. The average Bonchev–Trinajstić information content (AvgIpc) is 2.61. The van der Waals surface area contributed by atoms with Gasteiger partial charge in [0.05, 0.1) is 5.75 Å². The van der Waals surface area contributed by atoms with E-state index in [-0.39, 0.29) is 15.9 Å². The highest BCUT2D eigenvalue weighted by Gasteiger charge is 2.23. The van der Waals surface area contributed by atoms with Gasteiger partial charge in [0.1, 0.15) is 0 Å². The Bertz CT molecular complexity index is 585. The number of hydrogen-bond acceptors (Lipinski definition) is 4. The lowest BCUT2D eigenvalue weighted by Crippen LogP contribution is -2.08. The van der Waals surface area contributed by atoms with E-state index in [9.17, 15) is 8.42 Å². The number of halogens is 1. The quantitative estimate of drug-likeness (QED) is 0.854. The number of thiazole rings is 1. The standard InChI is InChI=1S/C8H9ClN2O2S2/c1-2-5-15(12,13)7-6(9)10-8-11(7)3-4-14-8/h3-4H,2,5H2,1H3. The van der Waals surface area contributed by atoms with E-state index in [4.69, 9.17) is 11.6 Å². The molecule has 0 aromatic carbocycles. The van der Waals surface area contributed by atoms with Crippen LogP contribution in [0.4, 0.5) is 0 Å². The van der Waals surface area contributed by atoms with E-state index < -0.39 is 9.84 Å². The minimum Gasteiger partial charge on any atom is -0.280 e. The van der Waals surface area contributed by atoms with Crippen molar-refractivity contribution in [2.24, 2.45) is 0 Å². The molecule has 0 unspecified atom stereocenters. The lowest BCUT2D eigenvalue weighted by molar-refractivity contribution is 0.590. The summed E-state index contributed by atoms with van der Waals surface area (Å²) in [4.78, 5) is 4.60. The molecular weight excluding hydrogens is 256 g/mol. The number of hydrogen-bond donors (Lipinski definition) is 0. The van der Waals surface area contributed by atoms with E-state index >= 15 is 0 Å². The summed E-state index contributed by atoms with van der Waals surface area (Å²) in [6.45, 7) is 1.82. The first-order chi connectivity index (χ1) is 7.06. The molecule has 15 heavy (non-hydrogen) atoms. The molecule has 0 fully saturated rings. The van der Waals surface area contributed by atoms with Crippen molar-refractivity contribution in [1.82, 2.24) is 9.38 Å². The molecule has 2 aromatic rings. The first kappa shape index (κ1) is 10.9. The summed E-state index contributed by atoms with van der Waals surface area (Å²) < 4.78 is 25.3. The number of aromatic nitrogens is 2. The Balaban J connectivity index is 2.69. The van der Waals surface area contributed by atoms with Crippen LogP contribution in [0.3, 0.4) is 0 Å². The number of nitrogens with zero attached hydrogens (tertiary/aromatic N) is 2. The average molecular weight is 265 g/mol. The van der Waals surface area contributed by atoms with Gasteiger partial charge in [0.25, 0.3) is 0 Å². The molecule has 0 spiro atoms. The normalized spacial score (nSPS) is 12.4. The van der Waals surface area contributed by atoms with E-state index in [1.807, 2.05) is 6.92 Å². The van der Waals surface area contributed by atoms with E-state index in [0.29, 0.717) is 11.4 Å². The van der Waals surface area contributed by atoms with Gasteiger partial charge < -0.3 is 0 Å². The van der Waals surface area contributed by atoms with Gasteiger partial charge in [-0.2, -0.15) is 0 Å². The lowest BCUT2D eigenvalue weighted by atomic mass is 10.6. The van der Waals surface area contributed by atoms with Gasteiger partial charge in [-0.3, -0.25) is 4.40 Å².